The third-order valence-corrected chi connectivity index (χ3v) is 2.75. The Kier molecular flexibility index (Phi) is 4.10. The molecular weight excluding hydrogens is 192 g/mol. The summed E-state index contributed by atoms with van der Waals surface area (Å²) in [6.45, 7) is 6.92. The zero-order chi connectivity index (χ0) is 11.4. The van der Waals surface area contributed by atoms with E-state index in [9.17, 15) is 4.79 Å². The van der Waals surface area contributed by atoms with Crippen LogP contribution in [0.4, 0.5) is 0 Å². The van der Waals surface area contributed by atoms with Gasteiger partial charge in [0.1, 0.15) is 5.92 Å². The molecule has 84 valence electrons. The highest BCUT2D eigenvalue weighted by Crippen LogP contribution is 2.16. The number of ether oxygens (including phenoxy) is 1. The van der Waals surface area contributed by atoms with Gasteiger partial charge in [0.25, 0.3) is 0 Å². The van der Waals surface area contributed by atoms with Crippen LogP contribution in [0, 0.1) is 17.2 Å². The molecule has 0 N–H and O–H groups in total. The predicted molar refractivity (Wildman–Crippen MR) is 56.0 cm³/mol. The standard InChI is InChI=1S/C11H18N2O2/c1-4-10(5-12)11(14)13-6-9(3)15-7-8(13)2/h8-10H,4,6-7H2,1-3H3. The van der Waals surface area contributed by atoms with E-state index in [1.165, 1.54) is 0 Å². The number of hydrogen-bond acceptors (Lipinski definition) is 3. The first-order valence-electron chi connectivity index (χ1n) is 5.41. The normalized spacial score (nSPS) is 28.3. The van der Waals surface area contributed by atoms with Crippen molar-refractivity contribution in [1.82, 2.24) is 4.90 Å². The van der Waals surface area contributed by atoms with Gasteiger partial charge in [-0.25, -0.2) is 0 Å². The van der Waals surface area contributed by atoms with Crippen molar-refractivity contribution < 1.29 is 9.53 Å². The lowest BCUT2D eigenvalue weighted by Crippen LogP contribution is -2.51. The SMILES string of the molecule is CCC(C#N)C(=O)N1CC(C)OCC1C. The van der Waals surface area contributed by atoms with Crippen LogP contribution in [-0.4, -0.2) is 36.1 Å². The number of amides is 1. The third-order valence-electron chi connectivity index (χ3n) is 2.75. The van der Waals surface area contributed by atoms with Gasteiger partial charge in [-0.05, 0) is 20.3 Å². The Bertz CT molecular complexity index is 272. The molecule has 0 aromatic heterocycles. The second-order valence-corrected chi connectivity index (χ2v) is 4.07. The smallest absolute Gasteiger partial charge is 0.240 e. The maximum absolute atomic E-state index is 12.0. The molecule has 1 rings (SSSR count). The Morgan fingerprint density at radius 3 is 2.87 bits per heavy atom. The Morgan fingerprint density at radius 1 is 1.67 bits per heavy atom. The minimum atomic E-state index is -0.502. The second kappa shape index (κ2) is 5.13. The maximum Gasteiger partial charge on any atom is 0.240 e. The summed E-state index contributed by atoms with van der Waals surface area (Å²) in [5.41, 5.74) is 0. The van der Waals surface area contributed by atoms with Gasteiger partial charge in [0.15, 0.2) is 0 Å². The van der Waals surface area contributed by atoms with Gasteiger partial charge in [0.2, 0.25) is 5.91 Å². The Labute approximate surface area is 90.8 Å². The number of nitrogens with zero attached hydrogens (tertiary/aromatic N) is 2. The van der Waals surface area contributed by atoms with Crippen molar-refractivity contribution in [2.75, 3.05) is 13.2 Å². The first-order valence-corrected chi connectivity index (χ1v) is 5.41. The van der Waals surface area contributed by atoms with Crippen LogP contribution >= 0.6 is 0 Å². The second-order valence-electron chi connectivity index (χ2n) is 4.07. The molecule has 1 aliphatic heterocycles. The van der Waals surface area contributed by atoms with Crippen LogP contribution in [0.25, 0.3) is 0 Å². The molecule has 1 saturated heterocycles. The number of hydrogen-bond donors (Lipinski definition) is 0. The molecular formula is C11H18N2O2. The van der Waals surface area contributed by atoms with Crippen molar-refractivity contribution in [3.05, 3.63) is 0 Å². The molecule has 15 heavy (non-hydrogen) atoms. The van der Waals surface area contributed by atoms with E-state index in [2.05, 4.69) is 6.07 Å². The first kappa shape index (κ1) is 12.0. The van der Waals surface area contributed by atoms with Gasteiger partial charge in [-0.1, -0.05) is 6.92 Å². The monoisotopic (exact) mass is 210 g/mol. The quantitative estimate of drug-likeness (QED) is 0.687. The maximum atomic E-state index is 12.0. The lowest BCUT2D eigenvalue weighted by Gasteiger charge is -2.37. The van der Waals surface area contributed by atoms with Gasteiger partial charge >= 0.3 is 0 Å². The fourth-order valence-corrected chi connectivity index (χ4v) is 1.73. The summed E-state index contributed by atoms with van der Waals surface area (Å²) < 4.78 is 5.44. The van der Waals surface area contributed by atoms with Gasteiger partial charge < -0.3 is 9.64 Å². The number of rotatable bonds is 2. The first-order chi connectivity index (χ1) is 7.10. The molecule has 0 aliphatic carbocycles. The van der Waals surface area contributed by atoms with Crippen molar-refractivity contribution in [2.24, 2.45) is 5.92 Å². The number of morpholine rings is 1. The Balaban J connectivity index is 2.68. The average Bonchev–Trinajstić information content (AvgIpc) is 2.23. The molecule has 4 heteroatoms. The molecule has 1 aliphatic rings. The van der Waals surface area contributed by atoms with E-state index in [-0.39, 0.29) is 18.1 Å². The van der Waals surface area contributed by atoms with Crippen molar-refractivity contribution >= 4 is 5.91 Å². The van der Waals surface area contributed by atoms with Gasteiger partial charge in [-0.15, -0.1) is 0 Å². The molecule has 0 spiro atoms. The molecule has 3 atom stereocenters. The molecule has 4 nitrogen and oxygen atoms in total. The van der Waals surface area contributed by atoms with Crippen LogP contribution in [0.15, 0.2) is 0 Å². The lowest BCUT2D eigenvalue weighted by atomic mass is 10.0. The topological polar surface area (TPSA) is 53.3 Å². The Morgan fingerprint density at radius 2 is 2.33 bits per heavy atom. The van der Waals surface area contributed by atoms with Crippen molar-refractivity contribution in [3.63, 3.8) is 0 Å². The summed E-state index contributed by atoms with van der Waals surface area (Å²) in [6, 6.07) is 2.13. The third kappa shape index (κ3) is 2.69. The minimum absolute atomic E-state index is 0.0531. The number of carbonyl (C=O) groups is 1. The molecule has 0 bridgehead atoms. The van der Waals surface area contributed by atoms with E-state index in [0.29, 0.717) is 19.6 Å². The molecule has 0 saturated carbocycles. The van der Waals surface area contributed by atoms with Crippen LogP contribution in [-0.2, 0) is 9.53 Å². The van der Waals surface area contributed by atoms with E-state index in [1.54, 1.807) is 4.90 Å². The molecule has 0 aromatic carbocycles. The number of nitriles is 1. The van der Waals surface area contributed by atoms with Gasteiger partial charge in [0, 0.05) is 6.54 Å². The highest BCUT2D eigenvalue weighted by Gasteiger charge is 2.31. The molecule has 1 fully saturated rings. The van der Waals surface area contributed by atoms with Crippen LogP contribution in [0.2, 0.25) is 0 Å². The predicted octanol–water partition coefficient (Wildman–Crippen LogP) is 1.17. The van der Waals surface area contributed by atoms with Crippen LogP contribution < -0.4 is 0 Å². The summed E-state index contributed by atoms with van der Waals surface area (Å²) >= 11 is 0. The molecule has 1 heterocycles. The van der Waals surface area contributed by atoms with Crippen LogP contribution in [0.1, 0.15) is 27.2 Å². The fourth-order valence-electron chi connectivity index (χ4n) is 1.73. The van der Waals surface area contributed by atoms with E-state index in [4.69, 9.17) is 10.00 Å². The molecule has 0 aromatic rings. The van der Waals surface area contributed by atoms with E-state index in [1.807, 2.05) is 20.8 Å². The zero-order valence-electron chi connectivity index (χ0n) is 9.56. The highest BCUT2D eigenvalue weighted by molar-refractivity contribution is 5.81. The summed E-state index contributed by atoms with van der Waals surface area (Å²) in [5.74, 6) is -0.555. The fraction of sp³-hybridized carbons (Fsp3) is 0.818. The zero-order valence-corrected chi connectivity index (χ0v) is 9.56. The van der Waals surface area contributed by atoms with E-state index in [0.717, 1.165) is 0 Å². The van der Waals surface area contributed by atoms with Crippen molar-refractivity contribution in [1.29, 1.82) is 5.26 Å². The van der Waals surface area contributed by atoms with Gasteiger partial charge in [-0.2, -0.15) is 5.26 Å². The van der Waals surface area contributed by atoms with Crippen molar-refractivity contribution in [2.45, 2.75) is 39.3 Å². The van der Waals surface area contributed by atoms with Crippen LogP contribution in [0.5, 0.6) is 0 Å². The molecule has 0 radical (unpaired) electrons. The van der Waals surface area contributed by atoms with Crippen LogP contribution in [0.3, 0.4) is 0 Å². The minimum Gasteiger partial charge on any atom is -0.375 e. The number of carbonyl (C=O) groups excluding carboxylic acids is 1. The summed E-state index contributed by atoms with van der Waals surface area (Å²) in [4.78, 5) is 13.7. The van der Waals surface area contributed by atoms with E-state index < -0.39 is 5.92 Å². The Hall–Kier alpha value is -1.08. The lowest BCUT2D eigenvalue weighted by molar-refractivity contribution is -0.145. The summed E-state index contributed by atoms with van der Waals surface area (Å²) in [7, 11) is 0. The van der Waals surface area contributed by atoms with Gasteiger partial charge in [-0.3, -0.25) is 4.79 Å². The van der Waals surface area contributed by atoms with Gasteiger partial charge in [0.05, 0.1) is 24.8 Å². The average molecular weight is 210 g/mol. The molecule has 1 amide bonds. The largest absolute Gasteiger partial charge is 0.375 e. The molecule has 3 unspecified atom stereocenters. The summed E-state index contributed by atoms with van der Waals surface area (Å²) in [6.07, 6.45) is 0.648. The van der Waals surface area contributed by atoms with Crippen molar-refractivity contribution in [3.8, 4) is 6.07 Å². The summed E-state index contributed by atoms with van der Waals surface area (Å²) in [5, 5.41) is 8.85. The van der Waals surface area contributed by atoms with E-state index >= 15 is 0 Å². The highest BCUT2D eigenvalue weighted by atomic mass is 16.5.